The zero-order chi connectivity index (χ0) is 30.7. The first-order valence-corrected chi connectivity index (χ1v) is 13.1. The van der Waals surface area contributed by atoms with Gasteiger partial charge in [-0.2, -0.15) is 0 Å². The zero-order valence-corrected chi connectivity index (χ0v) is 24.2. The van der Waals surface area contributed by atoms with Crippen LogP contribution < -0.4 is 19.5 Å². The molecule has 0 saturated carbocycles. The van der Waals surface area contributed by atoms with E-state index in [2.05, 4.69) is 15.0 Å². The molecule has 2 aromatic heterocycles. The average Bonchev–Trinajstić information content (AvgIpc) is 3.32. The summed E-state index contributed by atoms with van der Waals surface area (Å²) in [5.41, 5.74) is 1.53. The number of carbonyl (C=O) groups excluding carboxylic acids is 1. The minimum Gasteiger partial charge on any atom is -0.457 e. The minimum atomic E-state index is -4.81. The number of ether oxygens (including phenoxy) is 3. The normalized spacial score (nSPS) is 11.2. The van der Waals surface area contributed by atoms with Crippen LogP contribution in [0.1, 0.15) is 28.7 Å². The number of imidazole rings is 1. The summed E-state index contributed by atoms with van der Waals surface area (Å²) in [6.45, 7) is 1.68. The molecule has 0 radical (unpaired) electrons. The molecule has 5 rings (SSSR count). The molecule has 5 aromatic rings. The smallest absolute Gasteiger partial charge is 0.457 e. The number of amides is 1. The molecule has 0 unspecified atom stereocenters. The first kappa shape index (κ1) is 32.4. The van der Waals surface area contributed by atoms with Gasteiger partial charge < -0.3 is 19.5 Å². The number of pyridine rings is 1. The fraction of sp³-hybridized carbons (Fsp3) is 0.133. The number of halogens is 7. The van der Waals surface area contributed by atoms with E-state index in [0.29, 0.717) is 28.5 Å². The number of nitrogens with one attached hydrogen (secondary N) is 1. The highest BCUT2D eigenvalue weighted by molar-refractivity contribution is 6.30. The van der Waals surface area contributed by atoms with Gasteiger partial charge in [0.25, 0.3) is 5.91 Å². The highest BCUT2D eigenvalue weighted by Crippen LogP contribution is 2.32. The fourth-order valence-electron chi connectivity index (χ4n) is 4.17. The highest BCUT2D eigenvalue weighted by atomic mass is 35.5. The van der Waals surface area contributed by atoms with E-state index in [1.807, 2.05) is 6.92 Å². The first-order valence-electron chi connectivity index (χ1n) is 12.7. The molecule has 1 amide bonds. The maximum Gasteiger partial charge on any atom is 0.573 e. The topological polar surface area (TPSA) is 74.1 Å². The predicted molar refractivity (Wildman–Crippen MR) is 154 cm³/mol. The summed E-state index contributed by atoms with van der Waals surface area (Å²) in [4.78, 5) is 17.4. The Morgan fingerprint density at radius 3 is 1.98 bits per heavy atom. The van der Waals surface area contributed by atoms with Crippen LogP contribution in [0.15, 0.2) is 79.0 Å². The lowest BCUT2D eigenvalue weighted by atomic mass is 10.2. The fourth-order valence-corrected chi connectivity index (χ4v) is 4.33. The first-order chi connectivity index (χ1) is 20.5. The molecule has 0 aliphatic rings. The second-order valence-electron chi connectivity index (χ2n) is 9.10. The van der Waals surface area contributed by atoms with Gasteiger partial charge in [0, 0.05) is 12.7 Å². The van der Waals surface area contributed by atoms with Crippen LogP contribution in [0.2, 0.25) is 5.02 Å². The third-order valence-corrected chi connectivity index (χ3v) is 6.28. The van der Waals surface area contributed by atoms with Crippen LogP contribution in [-0.2, 0) is 13.0 Å². The van der Waals surface area contributed by atoms with Gasteiger partial charge in [-0.3, -0.25) is 9.20 Å². The van der Waals surface area contributed by atoms with Crippen molar-refractivity contribution in [1.29, 1.82) is 0 Å². The van der Waals surface area contributed by atoms with Gasteiger partial charge in [0.05, 0.1) is 10.7 Å². The lowest BCUT2D eigenvalue weighted by molar-refractivity contribution is -0.274. The van der Waals surface area contributed by atoms with Crippen molar-refractivity contribution < 1.29 is 41.0 Å². The number of alkyl halides is 3. The van der Waals surface area contributed by atoms with E-state index in [4.69, 9.17) is 21.1 Å². The lowest BCUT2D eigenvalue weighted by Crippen LogP contribution is -2.25. The average molecular weight is 654 g/mol. The Bertz CT molecular complexity index is 1760. The standard InChI is InChI=1S/C30H21ClF5N3O4.ClH/c1-2-25-27(39-16-18(31)3-12-26(39)38-25)29(40)37-15-17-13-23(32)28(24(33)14-17)42-21-6-4-19(5-7-21)41-20-8-10-22(11-9-20)43-30(34,35)36;/h3-14,16H,2,15H2,1H3,(H,37,40);1H. The predicted octanol–water partition coefficient (Wildman–Crippen LogP) is 8.66. The van der Waals surface area contributed by atoms with Crippen LogP contribution in [0.25, 0.3) is 5.65 Å². The number of fused-ring (bicyclic) bond motifs is 1. The third-order valence-electron chi connectivity index (χ3n) is 6.05. The molecule has 0 spiro atoms. The molecule has 2 heterocycles. The van der Waals surface area contributed by atoms with Gasteiger partial charge in [-0.05, 0) is 84.8 Å². The van der Waals surface area contributed by atoms with Crippen molar-refractivity contribution in [2.45, 2.75) is 26.3 Å². The quantitative estimate of drug-likeness (QED) is 0.161. The van der Waals surface area contributed by atoms with Gasteiger partial charge in [0.1, 0.15) is 34.3 Å². The summed E-state index contributed by atoms with van der Waals surface area (Å²) in [6.07, 6.45) is -2.76. The molecule has 0 fully saturated rings. The Hall–Kier alpha value is -4.55. The van der Waals surface area contributed by atoms with E-state index in [1.54, 1.807) is 22.7 Å². The van der Waals surface area contributed by atoms with E-state index in [0.717, 1.165) is 24.3 Å². The van der Waals surface area contributed by atoms with Crippen molar-refractivity contribution in [3.63, 3.8) is 0 Å². The monoisotopic (exact) mass is 653 g/mol. The molecule has 1 N–H and O–H groups in total. The number of hydrogen-bond donors (Lipinski definition) is 1. The molecule has 0 bridgehead atoms. The van der Waals surface area contributed by atoms with E-state index < -0.39 is 35.4 Å². The maximum atomic E-state index is 14.9. The van der Waals surface area contributed by atoms with E-state index in [1.165, 1.54) is 36.4 Å². The summed E-state index contributed by atoms with van der Waals surface area (Å²) in [7, 11) is 0. The molecule has 44 heavy (non-hydrogen) atoms. The van der Waals surface area contributed by atoms with E-state index in [9.17, 15) is 26.7 Å². The van der Waals surface area contributed by atoms with Gasteiger partial charge in [-0.25, -0.2) is 13.8 Å². The maximum absolute atomic E-state index is 14.9. The second-order valence-corrected chi connectivity index (χ2v) is 9.54. The summed E-state index contributed by atoms with van der Waals surface area (Å²) in [6, 6.07) is 15.9. The van der Waals surface area contributed by atoms with Crippen molar-refractivity contribution in [2.75, 3.05) is 0 Å². The molecule has 0 atom stereocenters. The van der Waals surface area contributed by atoms with Gasteiger partial charge in [0.2, 0.25) is 0 Å². The van der Waals surface area contributed by atoms with Crippen LogP contribution in [0, 0.1) is 11.6 Å². The van der Waals surface area contributed by atoms with E-state index >= 15 is 0 Å². The molecular formula is C30H22Cl2F5N3O4. The molecule has 0 aliphatic heterocycles. The Balaban J connectivity index is 0.00000442. The van der Waals surface area contributed by atoms with Crippen molar-refractivity contribution in [2.24, 2.45) is 0 Å². The number of aryl methyl sites for hydroxylation is 1. The molecular weight excluding hydrogens is 632 g/mol. The Kier molecular flexibility index (Phi) is 9.85. The SMILES string of the molecule is CCc1nc2ccc(Cl)cn2c1C(=O)NCc1cc(F)c(Oc2ccc(Oc3ccc(OC(F)(F)F)cc3)cc2)c(F)c1.Cl. The number of rotatable bonds is 9. The largest absolute Gasteiger partial charge is 0.573 e. The van der Waals surface area contributed by atoms with Crippen LogP contribution >= 0.6 is 24.0 Å². The summed E-state index contributed by atoms with van der Waals surface area (Å²) >= 11 is 6.08. The molecule has 0 aliphatic carbocycles. The van der Waals surface area contributed by atoms with Gasteiger partial charge in [0.15, 0.2) is 17.4 Å². The Morgan fingerprint density at radius 1 is 0.886 bits per heavy atom. The molecule has 0 saturated heterocycles. The minimum absolute atomic E-state index is 0. The lowest BCUT2D eigenvalue weighted by Gasteiger charge is -2.12. The third kappa shape index (κ3) is 7.69. The number of hydrogen-bond acceptors (Lipinski definition) is 5. The molecule has 14 heteroatoms. The zero-order valence-electron chi connectivity index (χ0n) is 22.6. The Morgan fingerprint density at radius 2 is 1.43 bits per heavy atom. The highest BCUT2D eigenvalue weighted by Gasteiger charge is 2.31. The summed E-state index contributed by atoms with van der Waals surface area (Å²) in [5, 5.41) is 3.08. The number of carbonyl (C=O) groups is 1. The number of benzene rings is 3. The summed E-state index contributed by atoms with van der Waals surface area (Å²) in [5.74, 6) is -2.87. The van der Waals surface area contributed by atoms with E-state index in [-0.39, 0.29) is 41.7 Å². The number of nitrogens with zero attached hydrogens (tertiary/aromatic N) is 2. The van der Waals surface area contributed by atoms with Gasteiger partial charge in [-0.15, -0.1) is 25.6 Å². The van der Waals surface area contributed by atoms with Crippen LogP contribution in [0.5, 0.6) is 28.7 Å². The van der Waals surface area contributed by atoms with Crippen LogP contribution in [-0.4, -0.2) is 21.7 Å². The molecule has 3 aromatic carbocycles. The molecule has 230 valence electrons. The number of aromatic nitrogens is 2. The molecule has 7 nitrogen and oxygen atoms in total. The van der Waals surface area contributed by atoms with Crippen LogP contribution in [0.4, 0.5) is 22.0 Å². The van der Waals surface area contributed by atoms with Gasteiger partial charge >= 0.3 is 6.36 Å². The van der Waals surface area contributed by atoms with Gasteiger partial charge in [-0.1, -0.05) is 18.5 Å². The second kappa shape index (κ2) is 13.4. The van der Waals surface area contributed by atoms with Crippen molar-refractivity contribution in [1.82, 2.24) is 14.7 Å². The van der Waals surface area contributed by atoms with Crippen molar-refractivity contribution >= 4 is 35.6 Å². The Labute approximate surface area is 258 Å². The summed E-state index contributed by atoms with van der Waals surface area (Å²) < 4.78 is 83.0. The van der Waals surface area contributed by atoms with Crippen molar-refractivity contribution in [3.8, 4) is 28.7 Å². The van der Waals surface area contributed by atoms with Crippen molar-refractivity contribution in [3.05, 3.63) is 113 Å². The van der Waals surface area contributed by atoms with Crippen LogP contribution in [0.3, 0.4) is 0 Å².